The van der Waals surface area contributed by atoms with Gasteiger partial charge in [-0.15, -0.1) is 0 Å². The second-order valence-electron chi connectivity index (χ2n) is 14.7. The van der Waals surface area contributed by atoms with E-state index >= 15 is 0 Å². The summed E-state index contributed by atoms with van der Waals surface area (Å²) in [5.41, 5.74) is 5.65. The van der Waals surface area contributed by atoms with Gasteiger partial charge in [0, 0.05) is 61.7 Å². The van der Waals surface area contributed by atoms with E-state index in [1.54, 1.807) is 11.0 Å². The monoisotopic (exact) mass is 702 g/mol. The van der Waals surface area contributed by atoms with Crippen molar-refractivity contribution in [2.24, 2.45) is 18.4 Å². The van der Waals surface area contributed by atoms with E-state index in [9.17, 15) is 22.8 Å². The van der Waals surface area contributed by atoms with Gasteiger partial charge >= 0.3 is 6.18 Å². The van der Waals surface area contributed by atoms with Crippen LogP contribution in [0.2, 0.25) is 0 Å². The Labute approximate surface area is 296 Å². The average molecular weight is 703 g/mol. The minimum atomic E-state index is -4.22. The summed E-state index contributed by atoms with van der Waals surface area (Å²) in [6.45, 7) is 4.95. The van der Waals surface area contributed by atoms with Crippen molar-refractivity contribution in [2.75, 3.05) is 63.8 Å². The summed E-state index contributed by atoms with van der Waals surface area (Å²) in [4.78, 5) is 38.9. The molecule has 1 spiro atoms. The van der Waals surface area contributed by atoms with Crippen molar-refractivity contribution >= 4 is 28.8 Å². The Bertz CT molecular complexity index is 1830. The highest BCUT2D eigenvalue weighted by Gasteiger charge is 2.51. The third kappa shape index (κ3) is 7.50. The van der Waals surface area contributed by atoms with Gasteiger partial charge in [0.15, 0.2) is 5.82 Å². The Morgan fingerprint density at radius 3 is 2.37 bits per heavy atom. The van der Waals surface area contributed by atoms with Crippen molar-refractivity contribution in [2.45, 2.75) is 45.2 Å². The lowest BCUT2D eigenvalue weighted by molar-refractivity contribution is -0.148. The number of halogens is 3. The summed E-state index contributed by atoms with van der Waals surface area (Å²) in [5, 5.41) is 13.3. The number of anilines is 1. The van der Waals surface area contributed by atoms with Gasteiger partial charge in [-0.3, -0.25) is 24.1 Å². The first-order valence-electron chi connectivity index (χ1n) is 17.8. The molecule has 270 valence electrons. The summed E-state index contributed by atoms with van der Waals surface area (Å²) in [6.07, 6.45) is 2.79. The molecular weight excluding hydrogens is 657 g/mol. The maximum Gasteiger partial charge on any atom is 0.401 e. The van der Waals surface area contributed by atoms with Crippen LogP contribution in [-0.4, -0.2) is 112 Å². The molecule has 0 unspecified atom stereocenters. The zero-order chi connectivity index (χ0) is 35.9. The summed E-state index contributed by atoms with van der Waals surface area (Å²) in [6, 6.07) is 14.0. The normalized spacial score (nSPS) is 22.3. The quantitative estimate of drug-likeness (QED) is 0.325. The number of benzene rings is 2. The molecule has 0 saturated carbocycles. The third-order valence-electron chi connectivity index (χ3n) is 11.2. The molecule has 7 rings (SSSR count). The molecule has 51 heavy (non-hydrogen) atoms. The Balaban J connectivity index is 0.926. The molecule has 1 aromatic heterocycles. The second kappa shape index (κ2) is 14.0. The van der Waals surface area contributed by atoms with E-state index in [0.29, 0.717) is 83.0 Å². The topological polar surface area (TPSA) is 102 Å². The van der Waals surface area contributed by atoms with E-state index in [1.807, 2.05) is 54.1 Å². The Morgan fingerprint density at radius 2 is 1.71 bits per heavy atom. The molecule has 0 aliphatic carbocycles. The van der Waals surface area contributed by atoms with Crippen molar-refractivity contribution in [1.29, 1.82) is 5.41 Å². The molecule has 3 fully saturated rings. The van der Waals surface area contributed by atoms with Gasteiger partial charge in [-0.25, -0.2) is 4.98 Å². The molecule has 3 saturated heterocycles. The van der Waals surface area contributed by atoms with Gasteiger partial charge in [0.25, 0.3) is 0 Å². The van der Waals surface area contributed by atoms with E-state index in [0.717, 1.165) is 34.4 Å². The summed E-state index contributed by atoms with van der Waals surface area (Å²) in [7, 11) is 1.84. The number of piperidine rings is 1. The van der Waals surface area contributed by atoms with E-state index in [-0.39, 0.29) is 24.3 Å². The van der Waals surface area contributed by atoms with E-state index in [4.69, 9.17) is 5.41 Å². The number of carbonyl (C=O) groups is 2. The van der Waals surface area contributed by atoms with Crippen LogP contribution in [-0.2, 0) is 16.6 Å². The van der Waals surface area contributed by atoms with E-state index in [1.165, 1.54) is 10.5 Å². The number of aryl methyl sites for hydroxylation is 2. The van der Waals surface area contributed by atoms with Crippen LogP contribution in [0.3, 0.4) is 0 Å². The van der Waals surface area contributed by atoms with Crippen LogP contribution in [0.4, 0.5) is 18.9 Å². The first-order chi connectivity index (χ1) is 24.4. The summed E-state index contributed by atoms with van der Waals surface area (Å²) >= 11 is 0. The van der Waals surface area contributed by atoms with Gasteiger partial charge in [0.2, 0.25) is 11.8 Å². The Kier molecular flexibility index (Phi) is 9.61. The molecule has 3 aromatic rings. The van der Waals surface area contributed by atoms with Crippen LogP contribution in [0.5, 0.6) is 0 Å². The van der Waals surface area contributed by atoms with Crippen molar-refractivity contribution in [3.63, 3.8) is 0 Å². The second-order valence-corrected chi connectivity index (χ2v) is 14.7. The highest BCUT2D eigenvalue weighted by molar-refractivity contribution is 6.04. The lowest BCUT2D eigenvalue weighted by atomic mass is 9.85. The highest BCUT2D eigenvalue weighted by atomic mass is 19.4. The van der Waals surface area contributed by atoms with Crippen LogP contribution in [0, 0.1) is 23.7 Å². The Morgan fingerprint density at radius 1 is 0.980 bits per heavy atom. The number of alkyl halides is 3. The predicted octanol–water partition coefficient (Wildman–Crippen LogP) is 5.18. The van der Waals surface area contributed by atoms with Gasteiger partial charge in [0.05, 0.1) is 18.5 Å². The summed E-state index contributed by atoms with van der Waals surface area (Å²) < 4.78 is 40.3. The molecule has 1 atom stereocenters. The molecule has 10 nitrogen and oxygen atoms in total. The predicted molar refractivity (Wildman–Crippen MR) is 189 cm³/mol. The number of amides is 2. The molecule has 2 amide bonds. The van der Waals surface area contributed by atoms with E-state index < -0.39 is 18.1 Å². The maximum atomic E-state index is 14.0. The fourth-order valence-electron chi connectivity index (χ4n) is 8.21. The Hall–Kier alpha value is -4.36. The van der Waals surface area contributed by atoms with Crippen LogP contribution in [0.15, 0.2) is 54.9 Å². The van der Waals surface area contributed by atoms with Crippen molar-refractivity contribution in [3.8, 4) is 11.4 Å². The number of hydrogen-bond donors (Lipinski definition) is 1. The third-order valence-corrected chi connectivity index (χ3v) is 11.2. The summed E-state index contributed by atoms with van der Waals surface area (Å²) in [5.74, 6) is 0.715. The first-order valence-corrected chi connectivity index (χ1v) is 17.8. The number of hydrogen-bond acceptors (Lipinski definition) is 7. The van der Waals surface area contributed by atoms with Gasteiger partial charge in [-0.2, -0.15) is 18.3 Å². The minimum absolute atomic E-state index is 0.0645. The van der Waals surface area contributed by atoms with E-state index in [2.05, 4.69) is 33.2 Å². The van der Waals surface area contributed by atoms with Crippen molar-refractivity contribution < 1.29 is 22.8 Å². The number of aromatic nitrogens is 3. The van der Waals surface area contributed by atoms with Crippen LogP contribution in [0.1, 0.15) is 48.8 Å². The molecule has 13 heteroatoms. The highest BCUT2D eigenvalue weighted by Crippen LogP contribution is 2.43. The SMILES string of the molecule is Cc1ccc(N2CC[C@]3(CCN(CC(=O)N4CC=C(c5ccc(-c6ncn(C)n6)cc5)CC4)C3)C2=O)cc1C(=N)C1CCN(CC(F)(F)F)CC1. The minimum Gasteiger partial charge on any atom is -0.338 e. The van der Waals surface area contributed by atoms with Crippen LogP contribution in [0.25, 0.3) is 17.0 Å². The molecule has 5 heterocycles. The maximum absolute atomic E-state index is 14.0. The lowest BCUT2D eigenvalue weighted by Crippen LogP contribution is -2.43. The lowest BCUT2D eigenvalue weighted by Gasteiger charge is -2.33. The van der Waals surface area contributed by atoms with Gasteiger partial charge in [0.1, 0.15) is 6.33 Å². The first kappa shape index (κ1) is 35.1. The number of nitrogens with zero attached hydrogens (tertiary/aromatic N) is 7. The number of nitrogens with one attached hydrogen (secondary N) is 1. The molecular formula is C38H45F3N8O2. The average Bonchev–Trinajstić information content (AvgIpc) is 3.83. The molecule has 2 aromatic carbocycles. The standard InChI is InChI=1S/C38H45F3N8O2/c1-26-3-8-31(21-32(26)34(42)29-9-15-46(16-10-29)24-38(39,40)41)49-20-14-37(36(49)51)13-19-47(23-37)22-33(50)48-17-11-28(12-18-48)27-4-6-30(7-5-27)35-43-25-45(2)44-35/h3-8,11,21,25,29,42H,9-10,12-20,22-24H2,1-2H3/t37-/m0/s1. The zero-order valence-corrected chi connectivity index (χ0v) is 29.3. The molecule has 4 aliphatic heterocycles. The van der Waals surface area contributed by atoms with Crippen molar-refractivity contribution in [3.05, 3.63) is 71.6 Å². The number of likely N-dealkylation sites (tertiary alicyclic amines) is 2. The van der Waals surface area contributed by atoms with Gasteiger partial charge < -0.3 is 15.2 Å². The van der Waals surface area contributed by atoms with Crippen LogP contribution >= 0.6 is 0 Å². The van der Waals surface area contributed by atoms with Crippen LogP contribution < -0.4 is 4.90 Å². The van der Waals surface area contributed by atoms with Crippen molar-refractivity contribution in [1.82, 2.24) is 29.5 Å². The van der Waals surface area contributed by atoms with Gasteiger partial charge in [-0.05, 0) is 87.5 Å². The molecule has 0 radical (unpaired) electrons. The largest absolute Gasteiger partial charge is 0.401 e. The number of carbonyl (C=O) groups excluding carboxylic acids is 2. The zero-order valence-electron chi connectivity index (χ0n) is 29.3. The molecule has 0 bridgehead atoms. The fraction of sp³-hybridized carbons (Fsp3) is 0.500. The molecule has 1 N–H and O–H groups in total. The van der Waals surface area contributed by atoms with Gasteiger partial charge in [-0.1, -0.05) is 36.4 Å². The number of rotatable bonds is 8. The smallest absolute Gasteiger partial charge is 0.338 e. The molecule has 4 aliphatic rings. The fourth-order valence-corrected chi connectivity index (χ4v) is 8.21.